The molecule has 0 bridgehead atoms. The number of allylic oxidation sites excluding steroid dienone is 4. The zero-order valence-corrected chi connectivity index (χ0v) is 10.8. The van der Waals surface area contributed by atoms with Crippen molar-refractivity contribution in [1.29, 1.82) is 0 Å². The molecule has 0 aromatic rings. The molecule has 2 atom stereocenters. The van der Waals surface area contributed by atoms with E-state index in [1.165, 1.54) is 12.1 Å². The minimum atomic E-state index is 0.235. The smallest absolute Gasteiger partial charge is 0.0966 e. The summed E-state index contributed by atoms with van der Waals surface area (Å²) in [5.41, 5.74) is 1.63. The third kappa shape index (κ3) is 2.26. The number of fused-ring (bicyclic) bond motifs is 1. The predicted molar refractivity (Wildman–Crippen MR) is 66.9 cm³/mol. The van der Waals surface area contributed by atoms with Crippen LogP contribution in [0, 0.1) is 11.8 Å². The lowest BCUT2D eigenvalue weighted by Gasteiger charge is -2.44. The summed E-state index contributed by atoms with van der Waals surface area (Å²) in [5.74, 6) is 2.50. The molecule has 0 spiro atoms. The fraction of sp³-hybridized carbons (Fsp3) is 0.714. The number of hydrogen-bond donors (Lipinski definition) is 1. The molecule has 0 aromatic heterocycles. The van der Waals surface area contributed by atoms with E-state index in [1.807, 2.05) is 6.92 Å². The molecule has 1 fully saturated rings. The molecule has 1 N–H and O–H groups in total. The van der Waals surface area contributed by atoms with Gasteiger partial charge in [-0.25, -0.2) is 0 Å². The molecule has 0 saturated carbocycles. The highest BCUT2D eigenvalue weighted by molar-refractivity contribution is 5.26. The fourth-order valence-electron chi connectivity index (χ4n) is 3.02. The van der Waals surface area contributed by atoms with Crippen molar-refractivity contribution < 1.29 is 4.74 Å². The summed E-state index contributed by atoms with van der Waals surface area (Å²) in [6.07, 6.45) is 6.62. The highest BCUT2D eigenvalue weighted by Crippen LogP contribution is 2.39. The molecule has 0 radical (unpaired) electrons. The summed E-state index contributed by atoms with van der Waals surface area (Å²) >= 11 is 0. The van der Waals surface area contributed by atoms with Gasteiger partial charge in [-0.1, -0.05) is 6.92 Å². The second kappa shape index (κ2) is 4.15. The SMILES string of the molecule is CCOC1=CC=C2NC(C)(C)CC(C)C2C1. The topological polar surface area (TPSA) is 21.3 Å². The lowest BCUT2D eigenvalue weighted by Crippen LogP contribution is -2.48. The predicted octanol–water partition coefficient (Wildman–Crippen LogP) is 3.22. The van der Waals surface area contributed by atoms with E-state index >= 15 is 0 Å². The Morgan fingerprint density at radius 1 is 1.44 bits per heavy atom. The van der Waals surface area contributed by atoms with Crippen LogP contribution in [0.1, 0.15) is 40.5 Å². The molecule has 1 heterocycles. The third-order valence-corrected chi connectivity index (χ3v) is 3.60. The summed E-state index contributed by atoms with van der Waals surface area (Å²) in [5, 5.41) is 3.65. The van der Waals surface area contributed by atoms with E-state index < -0.39 is 0 Å². The quantitative estimate of drug-likeness (QED) is 0.773. The first kappa shape index (κ1) is 11.6. The third-order valence-electron chi connectivity index (χ3n) is 3.60. The Hall–Kier alpha value is -0.920. The molecule has 2 heteroatoms. The van der Waals surface area contributed by atoms with Crippen molar-refractivity contribution in [3.8, 4) is 0 Å². The van der Waals surface area contributed by atoms with Crippen LogP contribution in [-0.4, -0.2) is 12.1 Å². The second-order valence-corrected chi connectivity index (χ2v) is 5.69. The van der Waals surface area contributed by atoms with Crippen molar-refractivity contribution in [3.63, 3.8) is 0 Å². The summed E-state index contributed by atoms with van der Waals surface area (Å²) in [6, 6.07) is 0. The van der Waals surface area contributed by atoms with Gasteiger partial charge in [0, 0.05) is 23.6 Å². The lowest BCUT2D eigenvalue weighted by atomic mass is 9.74. The van der Waals surface area contributed by atoms with Gasteiger partial charge in [-0.3, -0.25) is 0 Å². The Kier molecular flexibility index (Phi) is 3.00. The average molecular weight is 221 g/mol. The van der Waals surface area contributed by atoms with Gasteiger partial charge < -0.3 is 10.1 Å². The van der Waals surface area contributed by atoms with Gasteiger partial charge >= 0.3 is 0 Å². The summed E-state index contributed by atoms with van der Waals surface area (Å²) in [7, 11) is 0. The maximum Gasteiger partial charge on any atom is 0.0966 e. The van der Waals surface area contributed by atoms with E-state index in [2.05, 4.69) is 38.2 Å². The second-order valence-electron chi connectivity index (χ2n) is 5.69. The number of rotatable bonds is 2. The van der Waals surface area contributed by atoms with Gasteiger partial charge in [-0.15, -0.1) is 0 Å². The van der Waals surface area contributed by atoms with Crippen LogP contribution in [0.3, 0.4) is 0 Å². The van der Waals surface area contributed by atoms with Crippen LogP contribution in [0.15, 0.2) is 23.6 Å². The van der Waals surface area contributed by atoms with E-state index in [1.54, 1.807) is 0 Å². The molecular weight excluding hydrogens is 198 g/mol. The molecule has 1 aliphatic heterocycles. The summed E-state index contributed by atoms with van der Waals surface area (Å²) in [4.78, 5) is 0. The van der Waals surface area contributed by atoms with Gasteiger partial charge in [-0.2, -0.15) is 0 Å². The maximum atomic E-state index is 5.62. The highest BCUT2D eigenvalue weighted by Gasteiger charge is 2.36. The molecule has 0 amide bonds. The summed E-state index contributed by atoms with van der Waals surface area (Å²) < 4.78 is 5.62. The van der Waals surface area contributed by atoms with Crippen molar-refractivity contribution in [2.45, 2.75) is 46.1 Å². The Morgan fingerprint density at radius 2 is 2.19 bits per heavy atom. The first-order chi connectivity index (χ1) is 7.52. The number of nitrogens with one attached hydrogen (secondary N) is 1. The molecule has 1 saturated heterocycles. The Balaban J connectivity index is 2.16. The molecule has 2 aliphatic rings. The zero-order chi connectivity index (χ0) is 11.8. The van der Waals surface area contributed by atoms with E-state index in [0.717, 1.165) is 24.7 Å². The van der Waals surface area contributed by atoms with E-state index in [9.17, 15) is 0 Å². The van der Waals surface area contributed by atoms with Gasteiger partial charge in [-0.05, 0) is 45.3 Å². The summed E-state index contributed by atoms with van der Waals surface area (Å²) in [6.45, 7) is 9.74. The first-order valence-electron chi connectivity index (χ1n) is 6.33. The van der Waals surface area contributed by atoms with Crippen molar-refractivity contribution in [1.82, 2.24) is 5.32 Å². The van der Waals surface area contributed by atoms with Crippen LogP contribution in [-0.2, 0) is 4.74 Å². The zero-order valence-electron chi connectivity index (χ0n) is 10.8. The number of ether oxygens (including phenoxy) is 1. The Bertz CT molecular complexity index is 328. The minimum absolute atomic E-state index is 0.235. The van der Waals surface area contributed by atoms with Crippen LogP contribution < -0.4 is 5.32 Å². The van der Waals surface area contributed by atoms with Crippen LogP contribution >= 0.6 is 0 Å². The van der Waals surface area contributed by atoms with Gasteiger partial charge in [0.1, 0.15) is 0 Å². The molecular formula is C14H23NO. The van der Waals surface area contributed by atoms with Crippen molar-refractivity contribution in [2.75, 3.05) is 6.61 Å². The largest absolute Gasteiger partial charge is 0.498 e. The molecule has 1 aliphatic carbocycles. The molecule has 90 valence electrons. The molecule has 0 aromatic carbocycles. The Morgan fingerprint density at radius 3 is 2.88 bits per heavy atom. The van der Waals surface area contributed by atoms with Crippen LogP contribution in [0.2, 0.25) is 0 Å². The average Bonchev–Trinajstić information content (AvgIpc) is 2.18. The highest BCUT2D eigenvalue weighted by atomic mass is 16.5. The minimum Gasteiger partial charge on any atom is -0.498 e. The molecule has 2 nitrogen and oxygen atoms in total. The van der Waals surface area contributed by atoms with Crippen molar-refractivity contribution >= 4 is 0 Å². The van der Waals surface area contributed by atoms with E-state index in [0.29, 0.717) is 5.92 Å². The maximum absolute atomic E-state index is 5.62. The molecule has 2 rings (SSSR count). The molecule has 16 heavy (non-hydrogen) atoms. The number of piperidine rings is 1. The first-order valence-corrected chi connectivity index (χ1v) is 6.33. The fourth-order valence-corrected chi connectivity index (χ4v) is 3.02. The monoisotopic (exact) mass is 221 g/mol. The van der Waals surface area contributed by atoms with Crippen LogP contribution in [0.25, 0.3) is 0 Å². The van der Waals surface area contributed by atoms with Gasteiger partial charge in [0.15, 0.2) is 0 Å². The van der Waals surface area contributed by atoms with Crippen LogP contribution in [0.4, 0.5) is 0 Å². The van der Waals surface area contributed by atoms with Crippen molar-refractivity contribution in [2.24, 2.45) is 11.8 Å². The lowest BCUT2D eigenvalue weighted by molar-refractivity contribution is 0.163. The number of hydrogen-bond acceptors (Lipinski definition) is 2. The Labute approximate surface area is 98.8 Å². The normalized spacial score (nSPS) is 32.0. The van der Waals surface area contributed by atoms with Gasteiger partial charge in [0.2, 0.25) is 0 Å². The standard InChI is InChI=1S/C14H23NO/c1-5-16-11-6-7-13-12(8-11)10(2)9-14(3,4)15-13/h6-7,10,12,15H,5,8-9H2,1-4H3. The van der Waals surface area contributed by atoms with E-state index in [-0.39, 0.29) is 5.54 Å². The van der Waals surface area contributed by atoms with Crippen molar-refractivity contribution in [3.05, 3.63) is 23.6 Å². The van der Waals surface area contributed by atoms with Gasteiger partial charge in [0.25, 0.3) is 0 Å². The van der Waals surface area contributed by atoms with E-state index in [4.69, 9.17) is 4.74 Å². The van der Waals surface area contributed by atoms with Gasteiger partial charge in [0.05, 0.1) is 12.4 Å². The van der Waals surface area contributed by atoms with Crippen LogP contribution in [0.5, 0.6) is 0 Å². The molecule has 2 unspecified atom stereocenters.